The number of fused-ring (bicyclic) bond motifs is 1. The van der Waals surface area contributed by atoms with E-state index in [1.54, 1.807) is 6.07 Å². The third-order valence-corrected chi connectivity index (χ3v) is 8.07. The molecule has 0 radical (unpaired) electrons. The Bertz CT molecular complexity index is 893. The molecule has 2 saturated heterocycles. The fraction of sp³-hybridized carbons (Fsp3) is 0.579. The van der Waals surface area contributed by atoms with Gasteiger partial charge in [0.2, 0.25) is 10.0 Å². The summed E-state index contributed by atoms with van der Waals surface area (Å²) in [6.07, 6.45) is 3.06. The number of benzene rings is 1. The van der Waals surface area contributed by atoms with Crippen molar-refractivity contribution in [3.63, 3.8) is 0 Å². The molecular weight excluding hydrogens is 380 g/mol. The molecule has 2 aliphatic heterocycles. The zero-order valence-electron chi connectivity index (χ0n) is 16.1. The van der Waals surface area contributed by atoms with Gasteiger partial charge >= 0.3 is 6.03 Å². The molecule has 0 bridgehead atoms. The number of amides is 3. The van der Waals surface area contributed by atoms with E-state index in [4.69, 9.17) is 0 Å². The summed E-state index contributed by atoms with van der Waals surface area (Å²) in [6, 6.07) is 4.78. The van der Waals surface area contributed by atoms with Crippen molar-refractivity contribution in [2.75, 3.05) is 39.3 Å². The molecule has 9 heteroatoms. The van der Waals surface area contributed by atoms with Gasteiger partial charge in [0.1, 0.15) is 0 Å². The van der Waals surface area contributed by atoms with Gasteiger partial charge in [-0.25, -0.2) is 13.2 Å². The van der Waals surface area contributed by atoms with Gasteiger partial charge in [-0.3, -0.25) is 9.69 Å². The molecule has 4 rings (SSSR count). The molecule has 0 saturated carbocycles. The zero-order valence-corrected chi connectivity index (χ0v) is 16.9. The number of piperazine rings is 1. The van der Waals surface area contributed by atoms with Crippen LogP contribution in [0.3, 0.4) is 0 Å². The Labute approximate surface area is 165 Å². The molecule has 2 heterocycles. The molecular formula is C19H27N4O4S+. The second-order valence-electron chi connectivity index (χ2n) is 7.79. The average Bonchev–Trinajstić information content (AvgIpc) is 3.35. The van der Waals surface area contributed by atoms with Crippen molar-refractivity contribution in [3.05, 3.63) is 29.3 Å². The fourth-order valence-corrected chi connectivity index (χ4v) is 5.89. The molecule has 1 aromatic carbocycles. The maximum absolute atomic E-state index is 13.0. The lowest BCUT2D eigenvalue weighted by atomic mass is 10.1. The molecule has 1 aromatic rings. The predicted octanol–water partition coefficient (Wildman–Crippen LogP) is -0.995. The number of hydrogen-bond donors (Lipinski definition) is 2. The standard InChI is InChI=1S/C19H26N4O4S/c1-14(18(24)23-8-7-20-19(23)25)21-9-11-22(12-10-21)28(26,27)17-6-5-15-3-2-4-16(15)13-17/h5-6,13-14H,2-4,7-12H2,1H3,(H,20,25)/p+1/t14-/m1/s1. The first-order valence-electron chi connectivity index (χ1n) is 9.93. The number of nitrogens with zero attached hydrogens (tertiary/aromatic N) is 2. The second kappa shape index (κ2) is 7.46. The van der Waals surface area contributed by atoms with Crippen LogP contribution in [-0.4, -0.2) is 74.9 Å². The van der Waals surface area contributed by atoms with Crippen molar-refractivity contribution >= 4 is 22.0 Å². The Morgan fingerprint density at radius 2 is 1.86 bits per heavy atom. The van der Waals surface area contributed by atoms with Crippen LogP contribution in [0.2, 0.25) is 0 Å². The lowest BCUT2D eigenvalue weighted by molar-refractivity contribution is -0.917. The number of rotatable bonds is 4. The van der Waals surface area contributed by atoms with Gasteiger partial charge < -0.3 is 10.2 Å². The van der Waals surface area contributed by atoms with E-state index >= 15 is 0 Å². The number of quaternary nitrogens is 1. The number of aryl methyl sites for hydroxylation is 2. The number of imide groups is 1. The number of carbonyl (C=O) groups is 2. The van der Waals surface area contributed by atoms with E-state index in [1.165, 1.54) is 14.8 Å². The first-order valence-corrected chi connectivity index (χ1v) is 11.4. The van der Waals surface area contributed by atoms with Gasteiger partial charge in [0, 0.05) is 13.1 Å². The Hall–Kier alpha value is -1.97. The molecule has 1 atom stereocenters. The highest BCUT2D eigenvalue weighted by molar-refractivity contribution is 7.89. The van der Waals surface area contributed by atoms with Crippen LogP contribution < -0.4 is 10.2 Å². The third kappa shape index (κ3) is 3.42. The second-order valence-corrected chi connectivity index (χ2v) is 9.73. The van der Waals surface area contributed by atoms with Crippen molar-refractivity contribution < 1.29 is 22.9 Å². The number of carbonyl (C=O) groups excluding carboxylic acids is 2. The molecule has 0 unspecified atom stereocenters. The van der Waals surface area contributed by atoms with E-state index in [-0.39, 0.29) is 18.0 Å². The molecule has 2 fully saturated rings. The van der Waals surface area contributed by atoms with Gasteiger partial charge in [-0.05, 0) is 49.4 Å². The van der Waals surface area contributed by atoms with Crippen LogP contribution in [0.25, 0.3) is 0 Å². The Balaban J connectivity index is 1.40. The van der Waals surface area contributed by atoms with E-state index in [1.807, 2.05) is 19.1 Å². The minimum absolute atomic E-state index is 0.195. The lowest BCUT2D eigenvalue weighted by Crippen LogP contribution is -3.19. The smallest absolute Gasteiger partial charge is 0.324 e. The highest BCUT2D eigenvalue weighted by atomic mass is 32.2. The highest BCUT2D eigenvalue weighted by Crippen LogP contribution is 2.26. The molecule has 28 heavy (non-hydrogen) atoms. The largest absolute Gasteiger partial charge is 0.336 e. The van der Waals surface area contributed by atoms with Crippen LogP contribution in [0, 0.1) is 0 Å². The van der Waals surface area contributed by atoms with Gasteiger partial charge in [-0.1, -0.05) is 6.07 Å². The van der Waals surface area contributed by atoms with Crippen LogP contribution in [0.1, 0.15) is 24.5 Å². The van der Waals surface area contributed by atoms with Crippen LogP contribution in [0.15, 0.2) is 23.1 Å². The van der Waals surface area contributed by atoms with Crippen LogP contribution in [0.5, 0.6) is 0 Å². The molecule has 0 spiro atoms. The fourth-order valence-electron chi connectivity index (χ4n) is 4.39. The van der Waals surface area contributed by atoms with E-state index in [0.717, 1.165) is 29.7 Å². The number of hydrogen-bond acceptors (Lipinski definition) is 4. The number of nitrogens with one attached hydrogen (secondary N) is 2. The van der Waals surface area contributed by atoms with Crippen LogP contribution in [0.4, 0.5) is 4.79 Å². The van der Waals surface area contributed by atoms with E-state index in [0.29, 0.717) is 44.2 Å². The summed E-state index contributed by atoms with van der Waals surface area (Å²) in [5.41, 5.74) is 2.40. The Kier molecular flexibility index (Phi) is 5.15. The predicted molar refractivity (Wildman–Crippen MR) is 102 cm³/mol. The molecule has 0 aromatic heterocycles. The molecule has 3 aliphatic rings. The quantitative estimate of drug-likeness (QED) is 0.670. The third-order valence-electron chi connectivity index (χ3n) is 6.18. The molecule has 8 nitrogen and oxygen atoms in total. The van der Waals surface area contributed by atoms with E-state index in [2.05, 4.69) is 5.32 Å². The maximum Gasteiger partial charge on any atom is 0.324 e. The zero-order chi connectivity index (χ0) is 19.9. The van der Waals surface area contributed by atoms with E-state index in [9.17, 15) is 18.0 Å². The minimum Gasteiger partial charge on any atom is -0.336 e. The summed E-state index contributed by atoms with van der Waals surface area (Å²) in [4.78, 5) is 26.9. The normalized spacial score (nSPS) is 22.2. The van der Waals surface area contributed by atoms with Crippen LogP contribution >= 0.6 is 0 Å². The maximum atomic E-state index is 13.0. The highest BCUT2D eigenvalue weighted by Gasteiger charge is 2.38. The first kappa shape index (κ1) is 19.4. The molecule has 3 amide bonds. The SMILES string of the molecule is C[C@H](C(=O)N1CCNC1=O)[NH+]1CCN(S(=O)(=O)c2ccc3c(c2)CCC3)CC1. The average molecular weight is 408 g/mol. The monoisotopic (exact) mass is 407 g/mol. The van der Waals surface area contributed by atoms with Gasteiger partial charge in [-0.15, -0.1) is 0 Å². The Morgan fingerprint density at radius 1 is 1.14 bits per heavy atom. The summed E-state index contributed by atoms with van der Waals surface area (Å²) in [6.45, 7) is 4.54. The topological polar surface area (TPSA) is 91.2 Å². The van der Waals surface area contributed by atoms with Crippen molar-refractivity contribution in [3.8, 4) is 0 Å². The Morgan fingerprint density at radius 3 is 2.54 bits per heavy atom. The van der Waals surface area contributed by atoms with Crippen LogP contribution in [-0.2, 0) is 27.7 Å². The summed E-state index contributed by atoms with van der Waals surface area (Å²) < 4.78 is 27.6. The summed E-state index contributed by atoms with van der Waals surface area (Å²) in [5, 5.41) is 2.64. The summed E-state index contributed by atoms with van der Waals surface area (Å²) >= 11 is 0. The minimum atomic E-state index is -3.52. The lowest BCUT2D eigenvalue weighted by Gasteiger charge is -2.34. The van der Waals surface area contributed by atoms with Crippen molar-refractivity contribution in [2.24, 2.45) is 0 Å². The summed E-state index contributed by atoms with van der Waals surface area (Å²) in [7, 11) is -3.52. The molecule has 2 N–H and O–H groups in total. The van der Waals surface area contributed by atoms with Crippen molar-refractivity contribution in [1.82, 2.24) is 14.5 Å². The summed E-state index contributed by atoms with van der Waals surface area (Å²) in [5.74, 6) is -0.195. The first-order chi connectivity index (χ1) is 13.4. The number of urea groups is 1. The molecule has 1 aliphatic carbocycles. The van der Waals surface area contributed by atoms with Gasteiger partial charge in [0.25, 0.3) is 5.91 Å². The van der Waals surface area contributed by atoms with Gasteiger partial charge in [0.05, 0.1) is 31.1 Å². The van der Waals surface area contributed by atoms with E-state index < -0.39 is 10.0 Å². The van der Waals surface area contributed by atoms with Crippen molar-refractivity contribution in [1.29, 1.82) is 0 Å². The van der Waals surface area contributed by atoms with Crippen molar-refractivity contribution in [2.45, 2.75) is 37.1 Å². The molecule has 152 valence electrons. The van der Waals surface area contributed by atoms with Gasteiger partial charge in [-0.2, -0.15) is 4.31 Å². The number of sulfonamides is 1. The van der Waals surface area contributed by atoms with Gasteiger partial charge in [0.15, 0.2) is 6.04 Å².